The van der Waals surface area contributed by atoms with Crippen LogP contribution in [0.1, 0.15) is 38.3 Å². The van der Waals surface area contributed by atoms with Gasteiger partial charge >= 0.3 is 0 Å². The monoisotopic (exact) mass is 326 g/mol. The van der Waals surface area contributed by atoms with Crippen LogP contribution in [-0.4, -0.2) is 11.9 Å². The second kappa shape index (κ2) is 6.06. The highest BCUT2D eigenvalue weighted by Crippen LogP contribution is 2.25. The van der Waals surface area contributed by atoms with E-state index in [9.17, 15) is 4.79 Å². The van der Waals surface area contributed by atoms with E-state index in [-0.39, 0.29) is 17.4 Å². The molecule has 0 saturated carbocycles. The lowest BCUT2D eigenvalue weighted by molar-refractivity contribution is -0.117. The van der Waals surface area contributed by atoms with E-state index in [0.717, 1.165) is 21.3 Å². The highest BCUT2D eigenvalue weighted by Gasteiger charge is 2.23. The minimum absolute atomic E-state index is 0.0384. The van der Waals surface area contributed by atoms with Crippen molar-refractivity contribution in [2.75, 3.05) is 5.32 Å². The summed E-state index contributed by atoms with van der Waals surface area (Å²) in [5, 5.41) is 2.91. The number of benzene rings is 1. The third-order valence-electron chi connectivity index (χ3n) is 3.24. The summed E-state index contributed by atoms with van der Waals surface area (Å²) in [7, 11) is 0. The molecule has 0 heterocycles. The number of anilines is 1. The van der Waals surface area contributed by atoms with Crippen molar-refractivity contribution in [2.24, 2.45) is 11.1 Å². The molecule has 0 radical (unpaired) electrons. The first-order valence-corrected chi connectivity index (χ1v) is 7.22. The fraction of sp³-hybridized carbons (Fsp3) is 0.533. The van der Waals surface area contributed by atoms with E-state index >= 15 is 0 Å². The molecule has 1 unspecified atom stereocenters. The molecule has 0 aliphatic rings. The zero-order chi connectivity index (χ0) is 14.8. The summed E-state index contributed by atoms with van der Waals surface area (Å²) in [6.07, 6.45) is 0.331. The van der Waals surface area contributed by atoms with Gasteiger partial charge in [-0.2, -0.15) is 0 Å². The molecule has 1 amide bonds. The molecular weight excluding hydrogens is 304 g/mol. The molecule has 4 heteroatoms. The maximum Gasteiger partial charge on any atom is 0.225 e. The molecule has 1 rings (SSSR count). The number of carbonyl (C=O) groups excluding carboxylic acids is 1. The van der Waals surface area contributed by atoms with Gasteiger partial charge in [-0.3, -0.25) is 4.79 Å². The standard InChI is InChI=1S/C15H23BrN2O/c1-9-6-11(7-10(2)14(9)16)18-13(19)8-12(17)15(3,4)5/h6-7,12H,8,17H2,1-5H3,(H,18,19). The molecule has 0 bridgehead atoms. The van der Waals surface area contributed by atoms with Gasteiger partial charge in [0.05, 0.1) is 0 Å². The molecule has 106 valence electrons. The van der Waals surface area contributed by atoms with Crippen molar-refractivity contribution in [2.45, 2.75) is 47.1 Å². The summed E-state index contributed by atoms with van der Waals surface area (Å²) in [4.78, 5) is 12.0. The van der Waals surface area contributed by atoms with E-state index in [1.54, 1.807) is 0 Å². The molecule has 1 atom stereocenters. The van der Waals surface area contributed by atoms with Gasteiger partial charge in [0.2, 0.25) is 5.91 Å². The van der Waals surface area contributed by atoms with Crippen LogP contribution in [-0.2, 0) is 4.79 Å². The van der Waals surface area contributed by atoms with Crippen LogP contribution >= 0.6 is 15.9 Å². The second-order valence-electron chi connectivity index (χ2n) is 6.15. The molecule has 0 aliphatic carbocycles. The number of amides is 1. The van der Waals surface area contributed by atoms with E-state index in [1.165, 1.54) is 0 Å². The first kappa shape index (κ1) is 16.2. The lowest BCUT2D eigenvalue weighted by atomic mass is 9.85. The van der Waals surface area contributed by atoms with E-state index in [0.29, 0.717) is 6.42 Å². The van der Waals surface area contributed by atoms with Crippen molar-refractivity contribution in [1.82, 2.24) is 0 Å². The number of halogens is 1. The number of hydrogen-bond donors (Lipinski definition) is 2. The summed E-state index contributed by atoms with van der Waals surface area (Å²) in [6, 6.07) is 3.76. The van der Waals surface area contributed by atoms with Crippen LogP contribution in [0.15, 0.2) is 16.6 Å². The van der Waals surface area contributed by atoms with Crippen LogP contribution in [0.5, 0.6) is 0 Å². The number of carbonyl (C=O) groups is 1. The molecule has 0 spiro atoms. The smallest absolute Gasteiger partial charge is 0.225 e. The Balaban J connectivity index is 2.73. The van der Waals surface area contributed by atoms with Crippen LogP contribution in [0, 0.1) is 19.3 Å². The summed E-state index contributed by atoms with van der Waals surface area (Å²) >= 11 is 3.51. The van der Waals surface area contributed by atoms with Gasteiger partial charge in [-0.15, -0.1) is 0 Å². The molecule has 3 nitrogen and oxygen atoms in total. The molecule has 3 N–H and O–H groups in total. The van der Waals surface area contributed by atoms with Crippen LogP contribution < -0.4 is 11.1 Å². The molecule has 1 aromatic rings. The summed E-state index contributed by atoms with van der Waals surface area (Å²) in [5.41, 5.74) is 8.99. The second-order valence-corrected chi connectivity index (χ2v) is 6.94. The largest absolute Gasteiger partial charge is 0.327 e. The molecule has 1 aromatic carbocycles. The predicted molar refractivity (Wildman–Crippen MR) is 84.3 cm³/mol. The Bertz CT molecular complexity index is 455. The lowest BCUT2D eigenvalue weighted by Gasteiger charge is -2.26. The van der Waals surface area contributed by atoms with E-state index in [2.05, 4.69) is 21.2 Å². The van der Waals surface area contributed by atoms with Gasteiger partial charge in [0, 0.05) is 22.6 Å². The van der Waals surface area contributed by atoms with E-state index in [1.807, 2.05) is 46.8 Å². The topological polar surface area (TPSA) is 55.1 Å². The first-order chi connectivity index (χ1) is 8.61. The third kappa shape index (κ3) is 4.62. The maximum absolute atomic E-state index is 12.0. The number of nitrogens with two attached hydrogens (primary N) is 1. The van der Waals surface area contributed by atoms with Crippen molar-refractivity contribution >= 4 is 27.5 Å². The van der Waals surface area contributed by atoms with Crippen molar-refractivity contribution in [3.63, 3.8) is 0 Å². The molecule has 0 fully saturated rings. The van der Waals surface area contributed by atoms with Gasteiger partial charge in [0.15, 0.2) is 0 Å². The van der Waals surface area contributed by atoms with E-state index < -0.39 is 0 Å². The van der Waals surface area contributed by atoms with Gasteiger partial charge in [-0.05, 0) is 42.5 Å². The Kier molecular flexibility index (Phi) is 5.16. The summed E-state index contributed by atoms with van der Waals surface area (Å²) < 4.78 is 1.08. The quantitative estimate of drug-likeness (QED) is 0.888. The fourth-order valence-corrected chi connectivity index (χ4v) is 1.96. The molecular formula is C15H23BrN2O. The summed E-state index contributed by atoms with van der Waals surface area (Å²) in [6.45, 7) is 10.1. The summed E-state index contributed by atoms with van der Waals surface area (Å²) in [5.74, 6) is -0.0384. The van der Waals surface area contributed by atoms with Crippen molar-refractivity contribution in [3.8, 4) is 0 Å². The Morgan fingerprint density at radius 3 is 2.21 bits per heavy atom. The number of hydrogen-bond acceptors (Lipinski definition) is 2. The Morgan fingerprint density at radius 2 is 1.79 bits per heavy atom. The van der Waals surface area contributed by atoms with Crippen molar-refractivity contribution in [3.05, 3.63) is 27.7 Å². The maximum atomic E-state index is 12.0. The van der Waals surface area contributed by atoms with Gasteiger partial charge < -0.3 is 11.1 Å². The van der Waals surface area contributed by atoms with Crippen molar-refractivity contribution < 1.29 is 4.79 Å². The number of rotatable bonds is 3. The van der Waals surface area contributed by atoms with E-state index in [4.69, 9.17) is 5.73 Å². The lowest BCUT2D eigenvalue weighted by Crippen LogP contribution is -2.38. The number of aryl methyl sites for hydroxylation is 2. The van der Waals surface area contributed by atoms with Gasteiger partial charge in [0.1, 0.15) is 0 Å². The third-order valence-corrected chi connectivity index (χ3v) is 4.49. The minimum Gasteiger partial charge on any atom is -0.327 e. The minimum atomic E-state index is -0.148. The highest BCUT2D eigenvalue weighted by molar-refractivity contribution is 9.10. The molecule has 0 saturated heterocycles. The molecule has 19 heavy (non-hydrogen) atoms. The van der Waals surface area contributed by atoms with Crippen LogP contribution in [0.4, 0.5) is 5.69 Å². The highest BCUT2D eigenvalue weighted by atomic mass is 79.9. The fourth-order valence-electron chi connectivity index (χ4n) is 1.74. The van der Waals surface area contributed by atoms with Crippen LogP contribution in [0.3, 0.4) is 0 Å². The Morgan fingerprint density at radius 1 is 1.32 bits per heavy atom. The van der Waals surface area contributed by atoms with Gasteiger partial charge in [-0.25, -0.2) is 0 Å². The van der Waals surface area contributed by atoms with Crippen LogP contribution in [0.2, 0.25) is 0 Å². The average molecular weight is 327 g/mol. The Hall–Kier alpha value is -0.870. The zero-order valence-corrected chi connectivity index (χ0v) is 13.9. The normalized spacial score (nSPS) is 13.2. The first-order valence-electron chi connectivity index (χ1n) is 6.43. The molecule has 0 aromatic heterocycles. The van der Waals surface area contributed by atoms with Crippen molar-refractivity contribution in [1.29, 1.82) is 0 Å². The van der Waals surface area contributed by atoms with Gasteiger partial charge in [0.25, 0.3) is 0 Å². The molecule has 0 aliphatic heterocycles. The Labute approximate surface area is 124 Å². The SMILES string of the molecule is Cc1cc(NC(=O)CC(N)C(C)(C)C)cc(C)c1Br. The number of nitrogens with one attached hydrogen (secondary N) is 1. The zero-order valence-electron chi connectivity index (χ0n) is 12.3. The van der Waals surface area contributed by atoms with Gasteiger partial charge in [-0.1, -0.05) is 36.7 Å². The average Bonchev–Trinajstić information content (AvgIpc) is 2.24. The van der Waals surface area contributed by atoms with Crippen LogP contribution in [0.25, 0.3) is 0 Å². The predicted octanol–water partition coefficient (Wildman–Crippen LogP) is 3.77.